The van der Waals surface area contributed by atoms with Crippen molar-refractivity contribution in [1.29, 1.82) is 0 Å². The first kappa shape index (κ1) is 21.3. The Hall–Kier alpha value is -2.41. The lowest BCUT2D eigenvalue weighted by Gasteiger charge is -2.14. The Bertz CT molecular complexity index is 734. The third kappa shape index (κ3) is 6.03. The number of hydrogen-bond acceptors (Lipinski definition) is 5. The molecule has 0 aliphatic heterocycles. The second-order valence-electron chi connectivity index (χ2n) is 6.67. The Kier molecular flexibility index (Phi) is 8.49. The zero-order chi connectivity index (χ0) is 20.3. The number of fused-ring (bicyclic) bond motifs is 3. The summed E-state index contributed by atoms with van der Waals surface area (Å²) in [7, 11) is 0. The van der Waals surface area contributed by atoms with Crippen molar-refractivity contribution < 1.29 is 23.7 Å². The molecule has 1 aliphatic rings. The van der Waals surface area contributed by atoms with Crippen LogP contribution in [0.1, 0.15) is 24.0 Å². The average molecular weight is 399 g/mol. The van der Waals surface area contributed by atoms with E-state index in [2.05, 4.69) is 29.6 Å². The number of amides is 1. The molecule has 156 valence electrons. The molecule has 6 nitrogen and oxygen atoms in total. The zero-order valence-electron chi connectivity index (χ0n) is 16.9. The molecule has 0 fully saturated rings. The molecule has 0 heterocycles. The molecular weight excluding hydrogens is 370 g/mol. The van der Waals surface area contributed by atoms with Crippen molar-refractivity contribution in [2.45, 2.75) is 12.8 Å². The van der Waals surface area contributed by atoms with Crippen molar-refractivity contribution in [3.63, 3.8) is 0 Å². The van der Waals surface area contributed by atoms with Gasteiger partial charge in [-0.2, -0.15) is 0 Å². The quantitative estimate of drug-likeness (QED) is 0.553. The highest BCUT2D eigenvalue weighted by Crippen LogP contribution is 2.44. The molecule has 2 aromatic carbocycles. The standard InChI is InChI=1S/C23H29NO5/c1-2-26-13-14-28-16-15-27-12-11-24-23(25)29-17-22-20-9-5-3-7-18(20)19-8-4-6-10-21(19)22/h3-10,22H,2,11-17H2,1H3,(H,24,25). The number of benzene rings is 2. The lowest BCUT2D eigenvalue weighted by molar-refractivity contribution is 0.0174. The van der Waals surface area contributed by atoms with E-state index < -0.39 is 6.09 Å². The van der Waals surface area contributed by atoms with Crippen LogP contribution in [0, 0.1) is 0 Å². The minimum atomic E-state index is -0.427. The fourth-order valence-corrected chi connectivity index (χ4v) is 3.46. The van der Waals surface area contributed by atoms with Crippen LogP contribution in [0.25, 0.3) is 11.1 Å². The first-order valence-electron chi connectivity index (χ1n) is 10.1. The maximum atomic E-state index is 12.0. The highest BCUT2D eigenvalue weighted by molar-refractivity contribution is 5.79. The Labute approximate surface area is 172 Å². The molecule has 0 atom stereocenters. The van der Waals surface area contributed by atoms with Gasteiger partial charge in [-0.15, -0.1) is 0 Å². The summed E-state index contributed by atoms with van der Waals surface area (Å²) in [5.74, 6) is 0.0678. The maximum absolute atomic E-state index is 12.0. The van der Waals surface area contributed by atoms with E-state index in [9.17, 15) is 4.79 Å². The van der Waals surface area contributed by atoms with Gasteiger partial charge in [0.2, 0.25) is 0 Å². The lowest BCUT2D eigenvalue weighted by atomic mass is 9.98. The molecule has 0 radical (unpaired) electrons. The van der Waals surface area contributed by atoms with E-state index in [-0.39, 0.29) is 5.92 Å². The molecular formula is C23H29NO5. The van der Waals surface area contributed by atoms with Crippen molar-refractivity contribution in [1.82, 2.24) is 5.32 Å². The summed E-state index contributed by atoms with van der Waals surface area (Å²) >= 11 is 0. The fraction of sp³-hybridized carbons (Fsp3) is 0.435. The third-order valence-corrected chi connectivity index (χ3v) is 4.81. The molecule has 0 unspecified atom stereocenters. The Morgan fingerprint density at radius 3 is 2.00 bits per heavy atom. The van der Waals surface area contributed by atoms with E-state index in [0.29, 0.717) is 52.8 Å². The van der Waals surface area contributed by atoms with E-state index >= 15 is 0 Å². The first-order valence-corrected chi connectivity index (χ1v) is 10.1. The van der Waals surface area contributed by atoms with Gasteiger partial charge in [0.1, 0.15) is 6.61 Å². The monoisotopic (exact) mass is 399 g/mol. The van der Waals surface area contributed by atoms with Gasteiger partial charge in [-0.05, 0) is 29.2 Å². The predicted octanol–water partition coefficient (Wildman–Crippen LogP) is 3.59. The van der Waals surface area contributed by atoms with Crippen molar-refractivity contribution >= 4 is 6.09 Å². The maximum Gasteiger partial charge on any atom is 0.407 e. The van der Waals surface area contributed by atoms with Crippen molar-refractivity contribution in [3.05, 3.63) is 59.7 Å². The highest BCUT2D eigenvalue weighted by atomic mass is 16.6. The van der Waals surface area contributed by atoms with Gasteiger partial charge in [0.15, 0.2) is 0 Å². The Morgan fingerprint density at radius 1 is 0.828 bits per heavy atom. The normalized spacial score (nSPS) is 12.4. The molecule has 1 aliphatic carbocycles. The summed E-state index contributed by atoms with van der Waals surface area (Å²) < 4.78 is 21.4. The number of alkyl carbamates (subject to hydrolysis) is 1. The first-order chi connectivity index (χ1) is 14.3. The molecule has 0 saturated carbocycles. The number of carbonyl (C=O) groups is 1. The van der Waals surface area contributed by atoms with E-state index in [4.69, 9.17) is 18.9 Å². The minimum absolute atomic E-state index is 0.0678. The van der Waals surface area contributed by atoms with Crippen LogP contribution in [-0.4, -0.2) is 58.9 Å². The van der Waals surface area contributed by atoms with Crippen LogP contribution in [-0.2, 0) is 18.9 Å². The average Bonchev–Trinajstić information content (AvgIpc) is 3.07. The van der Waals surface area contributed by atoms with Crippen LogP contribution in [0.3, 0.4) is 0 Å². The SMILES string of the molecule is CCOCCOCCOCCNC(=O)OCC1c2ccccc2-c2ccccc21. The number of carbonyl (C=O) groups excluding carboxylic acids is 1. The van der Waals surface area contributed by atoms with Crippen LogP contribution in [0.15, 0.2) is 48.5 Å². The summed E-state index contributed by atoms with van der Waals surface area (Å²) in [5.41, 5.74) is 4.84. The molecule has 2 aromatic rings. The zero-order valence-corrected chi connectivity index (χ0v) is 16.9. The third-order valence-electron chi connectivity index (χ3n) is 4.81. The molecule has 29 heavy (non-hydrogen) atoms. The van der Waals surface area contributed by atoms with E-state index in [0.717, 1.165) is 0 Å². The lowest BCUT2D eigenvalue weighted by Crippen LogP contribution is -2.29. The summed E-state index contributed by atoms with van der Waals surface area (Å²) in [6.45, 7) is 5.93. The molecule has 6 heteroatoms. The largest absolute Gasteiger partial charge is 0.449 e. The van der Waals surface area contributed by atoms with E-state index in [1.54, 1.807) is 0 Å². The molecule has 0 aromatic heterocycles. The van der Waals surface area contributed by atoms with Gasteiger partial charge in [-0.1, -0.05) is 48.5 Å². The van der Waals surface area contributed by atoms with Crippen molar-refractivity contribution in [2.24, 2.45) is 0 Å². The van der Waals surface area contributed by atoms with Crippen LogP contribution in [0.5, 0.6) is 0 Å². The summed E-state index contributed by atoms with van der Waals surface area (Å²) in [6.07, 6.45) is -0.427. The highest BCUT2D eigenvalue weighted by Gasteiger charge is 2.28. The van der Waals surface area contributed by atoms with Gasteiger partial charge < -0.3 is 24.3 Å². The van der Waals surface area contributed by atoms with Crippen molar-refractivity contribution in [3.8, 4) is 11.1 Å². The fourth-order valence-electron chi connectivity index (χ4n) is 3.46. The van der Waals surface area contributed by atoms with Gasteiger partial charge >= 0.3 is 6.09 Å². The second kappa shape index (κ2) is 11.6. The van der Waals surface area contributed by atoms with Gasteiger partial charge in [0.25, 0.3) is 0 Å². The molecule has 0 bridgehead atoms. The Morgan fingerprint density at radius 2 is 1.38 bits per heavy atom. The van der Waals surface area contributed by atoms with E-state index in [1.807, 2.05) is 31.2 Å². The summed E-state index contributed by atoms with van der Waals surface area (Å²) in [5, 5.41) is 2.73. The molecule has 0 saturated heterocycles. The van der Waals surface area contributed by atoms with Crippen LogP contribution in [0.4, 0.5) is 4.79 Å². The molecule has 3 rings (SSSR count). The number of hydrogen-bond donors (Lipinski definition) is 1. The smallest absolute Gasteiger partial charge is 0.407 e. The molecule has 1 amide bonds. The second-order valence-corrected chi connectivity index (χ2v) is 6.67. The van der Waals surface area contributed by atoms with Crippen LogP contribution >= 0.6 is 0 Å². The minimum Gasteiger partial charge on any atom is -0.449 e. The number of nitrogens with one attached hydrogen (secondary N) is 1. The van der Waals surface area contributed by atoms with Gasteiger partial charge in [0.05, 0.1) is 33.0 Å². The topological polar surface area (TPSA) is 66.0 Å². The summed E-state index contributed by atoms with van der Waals surface area (Å²) in [6, 6.07) is 16.6. The Balaban J connectivity index is 1.33. The van der Waals surface area contributed by atoms with Crippen molar-refractivity contribution in [2.75, 3.05) is 52.8 Å². The van der Waals surface area contributed by atoms with Gasteiger partial charge in [-0.3, -0.25) is 0 Å². The molecule has 0 spiro atoms. The number of rotatable bonds is 12. The summed E-state index contributed by atoms with van der Waals surface area (Å²) in [4.78, 5) is 12.0. The number of ether oxygens (including phenoxy) is 4. The molecule has 1 N–H and O–H groups in total. The van der Waals surface area contributed by atoms with Crippen LogP contribution < -0.4 is 5.32 Å². The van der Waals surface area contributed by atoms with Gasteiger partial charge in [-0.25, -0.2) is 4.79 Å². The van der Waals surface area contributed by atoms with Crippen LogP contribution in [0.2, 0.25) is 0 Å². The van der Waals surface area contributed by atoms with E-state index in [1.165, 1.54) is 22.3 Å². The predicted molar refractivity (Wildman–Crippen MR) is 111 cm³/mol. The van der Waals surface area contributed by atoms with Gasteiger partial charge in [0, 0.05) is 19.1 Å².